The molecule has 0 aromatic heterocycles. The van der Waals surface area contributed by atoms with Crippen molar-refractivity contribution < 1.29 is 19.4 Å². The normalized spacial score (nSPS) is 10.7. The Hall–Kier alpha value is -1.06. The van der Waals surface area contributed by atoms with Crippen LogP contribution in [-0.2, 0) is 14.3 Å². The summed E-state index contributed by atoms with van der Waals surface area (Å²) in [5, 5.41) is 8.54. The predicted molar refractivity (Wildman–Crippen MR) is 170 cm³/mol. The van der Waals surface area contributed by atoms with E-state index in [9.17, 15) is 9.59 Å². The van der Waals surface area contributed by atoms with Crippen LogP contribution in [0.1, 0.15) is 206 Å². The molecule has 0 fully saturated rings. The van der Waals surface area contributed by atoms with E-state index in [1.807, 2.05) is 0 Å². The molecule has 0 aromatic rings. The lowest BCUT2D eigenvalue weighted by atomic mass is 10.0. The molecule has 4 nitrogen and oxygen atoms in total. The highest BCUT2D eigenvalue weighted by molar-refractivity contribution is 5.69. The Bertz CT molecular complexity index is 477. The lowest BCUT2D eigenvalue weighted by molar-refractivity contribution is -0.141. The second-order valence-corrected chi connectivity index (χ2v) is 11.7. The van der Waals surface area contributed by atoms with Crippen molar-refractivity contribution in [3.05, 3.63) is 0 Å². The SMILES string of the molecule is CCCCCCCCCCCCCC(=O)OC.CCCCCCCCCCCCCCCCCCCC(=O)O. The first-order valence-electron chi connectivity index (χ1n) is 17.4. The quantitative estimate of drug-likeness (QED) is 0.0708. The number of rotatable bonds is 30. The number of unbranched alkanes of at least 4 members (excludes halogenated alkanes) is 26. The van der Waals surface area contributed by atoms with Crippen LogP contribution in [0.25, 0.3) is 0 Å². The Morgan fingerprint density at radius 2 is 0.641 bits per heavy atom. The van der Waals surface area contributed by atoms with Crippen LogP contribution in [0.2, 0.25) is 0 Å². The summed E-state index contributed by atoms with van der Waals surface area (Å²) >= 11 is 0. The molecule has 0 atom stereocenters. The molecule has 0 aliphatic heterocycles. The van der Waals surface area contributed by atoms with Gasteiger partial charge in [0.15, 0.2) is 0 Å². The third-order valence-electron chi connectivity index (χ3n) is 7.71. The predicted octanol–water partition coefficient (Wildman–Crippen LogP) is 12.0. The number of hydrogen-bond donors (Lipinski definition) is 1. The van der Waals surface area contributed by atoms with Gasteiger partial charge in [0.05, 0.1) is 7.11 Å². The number of carbonyl (C=O) groups excluding carboxylic acids is 1. The lowest BCUT2D eigenvalue weighted by Crippen LogP contribution is -1.99. The summed E-state index contributed by atoms with van der Waals surface area (Å²) in [4.78, 5) is 21.2. The Kier molecular flexibility index (Phi) is 38.0. The van der Waals surface area contributed by atoms with Crippen LogP contribution in [0.3, 0.4) is 0 Å². The Morgan fingerprint density at radius 3 is 0.872 bits per heavy atom. The first-order valence-corrected chi connectivity index (χ1v) is 17.4. The number of carboxylic acids is 1. The molecule has 0 aliphatic rings. The van der Waals surface area contributed by atoms with Gasteiger partial charge in [0.1, 0.15) is 0 Å². The van der Waals surface area contributed by atoms with Gasteiger partial charge in [-0.3, -0.25) is 9.59 Å². The van der Waals surface area contributed by atoms with Gasteiger partial charge >= 0.3 is 11.9 Å². The smallest absolute Gasteiger partial charge is 0.305 e. The van der Waals surface area contributed by atoms with Gasteiger partial charge < -0.3 is 9.84 Å². The Balaban J connectivity index is 0. The molecule has 0 radical (unpaired) electrons. The van der Waals surface area contributed by atoms with E-state index in [0.717, 1.165) is 19.3 Å². The molecule has 0 aromatic carbocycles. The molecule has 0 amide bonds. The van der Waals surface area contributed by atoms with E-state index in [0.29, 0.717) is 12.8 Å². The summed E-state index contributed by atoms with van der Waals surface area (Å²) in [6, 6.07) is 0. The molecule has 0 rings (SSSR count). The van der Waals surface area contributed by atoms with Crippen molar-refractivity contribution in [2.75, 3.05) is 7.11 Å². The highest BCUT2D eigenvalue weighted by atomic mass is 16.5. The number of ether oxygens (including phenoxy) is 1. The third-order valence-corrected chi connectivity index (χ3v) is 7.71. The fourth-order valence-electron chi connectivity index (χ4n) is 5.04. The number of esters is 1. The van der Waals surface area contributed by atoms with Crippen LogP contribution < -0.4 is 0 Å². The third kappa shape index (κ3) is 41.6. The summed E-state index contributed by atoms with van der Waals surface area (Å²) in [6.07, 6.45) is 38.2. The molecular formula is C35H70O4. The number of hydrogen-bond acceptors (Lipinski definition) is 3. The minimum absolute atomic E-state index is 0.0686. The van der Waals surface area contributed by atoms with E-state index in [-0.39, 0.29) is 5.97 Å². The zero-order chi connectivity index (χ0) is 29.1. The summed E-state index contributed by atoms with van der Waals surface area (Å²) in [5.74, 6) is -0.720. The van der Waals surface area contributed by atoms with E-state index in [1.54, 1.807) is 0 Å². The zero-order valence-corrected chi connectivity index (χ0v) is 26.9. The van der Waals surface area contributed by atoms with E-state index in [4.69, 9.17) is 5.11 Å². The number of carboxylic acid groups (broad SMARTS) is 1. The standard InChI is InChI=1S/C20H40O2.C15H30O2/c1-2-3-4-5-6-7-8-9-10-11-12-13-14-15-16-17-18-19-20(21)22;1-3-4-5-6-7-8-9-10-11-12-13-14-15(16)17-2/h2-19H2,1H3,(H,21,22);3-14H2,1-2H3. The van der Waals surface area contributed by atoms with Gasteiger partial charge in [0, 0.05) is 12.8 Å². The fraction of sp³-hybridized carbons (Fsp3) is 0.943. The number of carbonyl (C=O) groups is 2. The molecule has 0 saturated heterocycles. The summed E-state index contributed by atoms with van der Waals surface area (Å²) in [5.41, 5.74) is 0. The topological polar surface area (TPSA) is 63.6 Å². The Labute approximate surface area is 244 Å². The van der Waals surface area contributed by atoms with Crippen LogP contribution in [0.5, 0.6) is 0 Å². The lowest BCUT2D eigenvalue weighted by Gasteiger charge is -2.03. The Morgan fingerprint density at radius 1 is 0.410 bits per heavy atom. The van der Waals surface area contributed by atoms with Gasteiger partial charge in [-0.25, -0.2) is 0 Å². The van der Waals surface area contributed by atoms with Crippen LogP contribution in [0.15, 0.2) is 0 Å². The molecule has 0 spiro atoms. The van der Waals surface area contributed by atoms with Gasteiger partial charge in [0.25, 0.3) is 0 Å². The van der Waals surface area contributed by atoms with Crippen molar-refractivity contribution >= 4 is 11.9 Å². The van der Waals surface area contributed by atoms with Crippen molar-refractivity contribution in [2.24, 2.45) is 0 Å². The van der Waals surface area contributed by atoms with Crippen LogP contribution in [0.4, 0.5) is 0 Å². The highest BCUT2D eigenvalue weighted by Gasteiger charge is 1.99. The van der Waals surface area contributed by atoms with Gasteiger partial charge in [-0.05, 0) is 12.8 Å². The van der Waals surface area contributed by atoms with Crippen molar-refractivity contribution in [2.45, 2.75) is 206 Å². The van der Waals surface area contributed by atoms with Crippen molar-refractivity contribution in [1.29, 1.82) is 0 Å². The number of aliphatic carboxylic acids is 1. The van der Waals surface area contributed by atoms with Crippen LogP contribution in [-0.4, -0.2) is 24.2 Å². The van der Waals surface area contributed by atoms with Crippen molar-refractivity contribution in [3.63, 3.8) is 0 Å². The minimum atomic E-state index is -0.652. The summed E-state index contributed by atoms with van der Waals surface area (Å²) in [7, 11) is 1.46. The molecule has 0 saturated carbocycles. The fourth-order valence-corrected chi connectivity index (χ4v) is 5.04. The molecule has 1 N–H and O–H groups in total. The molecule has 0 bridgehead atoms. The van der Waals surface area contributed by atoms with E-state index in [2.05, 4.69) is 18.6 Å². The molecule has 39 heavy (non-hydrogen) atoms. The van der Waals surface area contributed by atoms with Gasteiger partial charge in [-0.15, -0.1) is 0 Å². The zero-order valence-electron chi connectivity index (χ0n) is 26.9. The second-order valence-electron chi connectivity index (χ2n) is 11.7. The van der Waals surface area contributed by atoms with Gasteiger partial charge in [0.2, 0.25) is 0 Å². The van der Waals surface area contributed by atoms with Gasteiger partial charge in [-0.1, -0.05) is 181 Å². The summed E-state index contributed by atoms with van der Waals surface area (Å²) < 4.78 is 4.60. The summed E-state index contributed by atoms with van der Waals surface area (Å²) in [6.45, 7) is 4.54. The average Bonchev–Trinajstić information content (AvgIpc) is 2.93. The maximum Gasteiger partial charge on any atom is 0.305 e. The molecule has 0 unspecified atom stereocenters. The second kappa shape index (κ2) is 36.9. The first kappa shape index (κ1) is 40.1. The van der Waals surface area contributed by atoms with E-state index >= 15 is 0 Å². The molecular weight excluding hydrogens is 484 g/mol. The first-order chi connectivity index (χ1) is 19.1. The van der Waals surface area contributed by atoms with Crippen LogP contribution in [0, 0.1) is 0 Å². The highest BCUT2D eigenvalue weighted by Crippen LogP contribution is 2.14. The van der Waals surface area contributed by atoms with Crippen LogP contribution >= 0.6 is 0 Å². The van der Waals surface area contributed by atoms with Crippen molar-refractivity contribution in [1.82, 2.24) is 0 Å². The maximum absolute atomic E-state index is 10.8. The largest absolute Gasteiger partial charge is 0.481 e. The monoisotopic (exact) mass is 555 g/mol. The van der Waals surface area contributed by atoms with E-state index in [1.165, 1.54) is 168 Å². The van der Waals surface area contributed by atoms with Crippen molar-refractivity contribution in [3.8, 4) is 0 Å². The average molecular weight is 555 g/mol. The minimum Gasteiger partial charge on any atom is -0.481 e. The molecule has 0 aliphatic carbocycles. The molecule has 4 heteroatoms. The van der Waals surface area contributed by atoms with E-state index < -0.39 is 5.97 Å². The number of methoxy groups -OCH3 is 1. The molecule has 234 valence electrons. The maximum atomic E-state index is 10.8. The molecule has 0 heterocycles. The van der Waals surface area contributed by atoms with Gasteiger partial charge in [-0.2, -0.15) is 0 Å².